The van der Waals surface area contributed by atoms with E-state index in [1.807, 2.05) is 23.6 Å². The van der Waals surface area contributed by atoms with Crippen LogP contribution in [0.4, 0.5) is 40.6 Å². The summed E-state index contributed by atoms with van der Waals surface area (Å²) in [5.74, 6) is -1.54. The number of aromatic nitrogens is 6. The van der Waals surface area contributed by atoms with E-state index in [1.165, 1.54) is 11.4 Å². The lowest BCUT2D eigenvalue weighted by Crippen LogP contribution is -2.54. The molecule has 18 heteroatoms. The summed E-state index contributed by atoms with van der Waals surface area (Å²) in [7, 11) is 0. The average molecular weight is 716 g/mol. The number of aryl methyl sites for hydroxylation is 1. The number of rotatable bonds is 8. The Labute approximate surface area is 290 Å². The van der Waals surface area contributed by atoms with Gasteiger partial charge in [0.25, 0.3) is 5.56 Å². The molecule has 1 aromatic carbocycles. The first-order valence-corrected chi connectivity index (χ1v) is 17.3. The van der Waals surface area contributed by atoms with Crippen LogP contribution in [0.3, 0.4) is 0 Å². The van der Waals surface area contributed by atoms with Crippen LogP contribution in [-0.4, -0.2) is 91.8 Å². The Hall–Kier alpha value is -4.87. The molecule has 2 saturated heterocycles. The molecule has 1 amide bonds. The third kappa shape index (κ3) is 6.33. The van der Waals surface area contributed by atoms with E-state index >= 15 is 0 Å². The van der Waals surface area contributed by atoms with Gasteiger partial charge in [-0.25, -0.2) is 9.07 Å². The van der Waals surface area contributed by atoms with Crippen LogP contribution < -0.4 is 30.9 Å². The normalized spacial score (nSPS) is 18.8. The van der Waals surface area contributed by atoms with E-state index in [0.29, 0.717) is 87.4 Å². The average Bonchev–Trinajstić information content (AvgIpc) is 3.67. The van der Waals surface area contributed by atoms with Crippen molar-refractivity contribution in [2.45, 2.75) is 71.3 Å². The molecular formula is C33H41F4N11O3. The molecule has 51 heavy (non-hydrogen) atoms. The molecule has 0 bridgehead atoms. The summed E-state index contributed by atoms with van der Waals surface area (Å²) in [6, 6.07) is 1.39. The van der Waals surface area contributed by atoms with E-state index < -0.39 is 29.0 Å². The molecular weight excluding hydrogens is 674 g/mol. The summed E-state index contributed by atoms with van der Waals surface area (Å²) in [5, 5.41) is 25.9. The third-order valence-corrected chi connectivity index (χ3v) is 10.2. The van der Waals surface area contributed by atoms with Crippen molar-refractivity contribution in [1.82, 2.24) is 34.3 Å². The van der Waals surface area contributed by atoms with Gasteiger partial charge >= 0.3 is 6.18 Å². The number of carbonyl (C=O) groups is 1. The van der Waals surface area contributed by atoms with Crippen LogP contribution in [0.1, 0.15) is 56.0 Å². The summed E-state index contributed by atoms with van der Waals surface area (Å²) in [4.78, 5) is 38.6. The zero-order chi connectivity index (χ0) is 36.2. The number of halogens is 4. The smallest absolute Gasteiger partial charge is 0.419 e. The molecule has 2 aliphatic heterocycles. The van der Waals surface area contributed by atoms with Gasteiger partial charge in [-0.15, -0.1) is 5.10 Å². The molecule has 4 aromatic rings. The van der Waals surface area contributed by atoms with Crippen LogP contribution in [0, 0.1) is 12.7 Å². The maximum absolute atomic E-state index is 14.5. The van der Waals surface area contributed by atoms with Crippen molar-refractivity contribution >= 4 is 34.7 Å². The molecule has 0 unspecified atom stereocenters. The topological polar surface area (TPSA) is 141 Å². The summed E-state index contributed by atoms with van der Waals surface area (Å²) < 4.78 is 58.9. The van der Waals surface area contributed by atoms with Gasteiger partial charge in [0.15, 0.2) is 0 Å². The summed E-state index contributed by atoms with van der Waals surface area (Å²) >= 11 is 0. The SMILES string of the molecule is CCc1c(N2CCN(c3cnn(C4CCC4)c3O)[C@H](C)C2)c(=O)n2nc(N3CCNCC3)nc2n1CC(=O)Nc1cc(F)c(C(F)(F)F)cc1C. The highest BCUT2D eigenvalue weighted by Gasteiger charge is 2.36. The number of nitrogens with zero attached hydrogens (tertiary/aromatic N) is 9. The number of hydrogen-bond acceptors (Lipinski definition) is 10. The molecule has 3 fully saturated rings. The molecule has 1 saturated carbocycles. The molecule has 1 aliphatic carbocycles. The lowest BCUT2D eigenvalue weighted by Gasteiger charge is -2.42. The van der Waals surface area contributed by atoms with Crippen molar-refractivity contribution in [1.29, 1.82) is 0 Å². The van der Waals surface area contributed by atoms with Gasteiger partial charge in [-0.1, -0.05) is 6.92 Å². The molecule has 3 aliphatic rings. The standard InChI is InChI=1S/C33H41F4N11O3/c1-4-25-28(44-12-13-45(20(3)17-44)26-16-39-47(29(26)50)21-6-5-7-21)30(51)48-32(41-31(42-48)43-10-8-38-9-11-43)46(25)18-27(49)40-24-15-23(34)22(14-19(24)2)33(35,36)37/h14-16,20-21,38,50H,4-13,17-18H2,1-3H3,(H,40,49)/t20-/m1/s1. The number of piperazine rings is 2. The van der Waals surface area contributed by atoms with Crippen molar-refractivity contribution in [2.24, 2.45) is 0 Å². The molecule has 14 nitrogen and oxygen atoms in total. The fourth-order valence-electron chi connectivity index (χ4n) is 7.25. The summed E-state index contributed by atoms with van der Waals surface area (Å²) in [6.45, 7) is 8.79. The first kappa shape index (κ1) is 34.6. The Morgan fingerprint density at radius 1 is 1.12 bits per heavy atom. The van der Waals surface area contributed by atoms with E-state index in [2.05, 4.69) is 25.7 Å². The molecule has 1 atom stereocenters. The van der Waals surface area contributed by atoms with Crippen molar-refractivity contribution in [3.8, 4) is 5.88 Å². The molecule has 5 heterocycles. The van der Waals surface area contributed by atoms with Gasteiger partial charge in [0.05, 0.1) is 23.5 Å². The van der Waals surface area contributed by atoms with E-state index in [4.69, 9.17) is 4.98 Å². The summed E-state index contributed by atoms with van der Waals surface area (Å²) in [6.07, 6.45) is 0.192. The molecule has 0 radical (unpaired) electrons. The molecule has 0 spiro atoms. The second-order valence-corrected chi connectivity index (χ2v) is 13.5. The monoisotopic (exact) mass is 715 g/mol. The predicted molar refractivity (Wildman–Crippen MR) is 182 cm³/mol. The number of benzene rings is 1. The minimum atomic E-state index is -4.89. The van der Waals surface area contributed by atoms with Gasteiger partial charge in [0, 0.05) is 57.5 Å². The van der Waals surface area contributed by atoms with Crippen molar-refractivity contribution in [2.75, 3.05) is 65.8 Å². The lowest BCUT2D eigenvalue weighted by atomic mass is 9.93. The van der Waals surface area contributed by atoms with Gasteiger partial charge < -0.3 is 35.0 Å². The van der Waals surface area contributed by atoms with Crippen molar-refractivity contribution in [3.63, 3.8) is 0 Å². The van der Waals surface area contributed by atoms with Gasteiger partial charge in [0.2, 0.25) is 23.5 Å². The first-order chi connectivity index (χ1) is 24.3. The zero-order valence-corrected chi connectivity index (χ0v) is 28.7. The fourth-order valence-corrected chi connectivity index (χ4v) is 7.25. The zero-order valence-electron chi connectivity index (χ0n) is 28.7. The largest absolute Gasteiger partial charge is 0.492 e. The minimum Gasteiger partial charge on any atom is -0.492 e. The molecule has 274 valence electrons. The predicted octanol–water partition coefficient (Wildman–Crippen LogP) is 3.31. The quantitative estimate of drug-likeness (QED) is 0.233. The van der Waals surface area contributed by atoms with Gasteiger partial charge in [-0.2, -0.15) is 27.8 Å². The molecule has 7 rings (SSSR count). The van der Waals surface area contributed by atoms with Crippen LogP contribution in [0.5, 0.6) is 5.88 Å². The van der Waals surface area contributed by atoms with Crippen molar-refractivity contribution in [3.05, 3.63) is 51.3 Å². The van der Waals surface area contributed by atoms with Gasteiger partial charge in [-0.05, 0) is 57.2 Å². The lowest BCUT2D eigenvalue weighted by molar-refractivity contribution is -0.140. The highest BCUT2D eigenvalue weighted by atomic mass is 19.4. The number of amides is 1. The Balaban J connectivity index is 1.23. The number of fused-ring (bicyclic) bond motifs is 1. The second kappa shape index (κ2) is 13.4. The number of hydrogen-bond donors (Lipinski definition) is 3. The second-order valence-electron chi connectivity index (χ2n) is 13.5. The number of nitrogens with one attached hydrogen (secondary N) is 2. The fraction of sp³-hybridized carbons (Fsp3) is 0.545. The Bertz CT molecular complexity index is 2010. The summed E-state index contributed by atoms with van der Waals surface area (Å²) in [5.41, 5.74) is -0.351. The highest BCUT2D eigenvalue weighted by molar-refractivity contribution is 5.91. The van der Waals surface area contributed by atoms with Crippen LogP contribution in [0.25, 0.3) is 5.78 Å². The highest BCUT2D eigenvalue weighted by Crippen LogP contribution is 2.39. The molecule has 3 aromatic heterocycles. The van der Waals surface area contributed by atoms with E-state index in [1.54, 1.807) is 15.4 Å². The Kier molecular flexibility index (Phi) is 9.05. The Morgan fingerprint density at radius 2 is 1.86 bits per heavy atom. The maximum Gasteiger partial charge on any atom is 0.419 e. The number of aromatic hydroxyl groups is 1. The van der Waals surface area contributed by atoms with E-state index in [9.17, 15) is 32.3 Å². The van der Waals surface area contributed by atoms with E-state index in [0.717, 1.165) is 19.3 Å². The van der Waals surface area contributed by atoms with E-state index in [-0.39, 0.29) is 41.5 Å². The minimum absolute atomic E-state index is 0.0399. The number of alkyl halides is 3. The Morgan fingerprint density at radius 3 is 2.51 bits per heavy atom. The first-order valence-electron chi connectivity index (χ1n) is 17.3. The third-order valence-electron chi connectivity index (χ3n) is 10.2. The maximum atomic E-state index is 14.5. The van der Waals surface area contributed by atoms with Crippen molar-refractivity contribution < 1.29 is 27.5 Å². The number of carbonyl (C=O) groups excluding carboxylic acids is 1. The molecule has 3 N–H and O–H groups in total. The van der Waals surface area contributed by atoms with Crippen LogP contribution >= 0.6 is 0 Å². The van der Waals surface area contributed by atoms with Crippen LogP contribution in [0.2, 0.25) is 0 Å². The van der Waals surface area contributed by atoms with Crippen LogP contribution in [-0.2, 0) is 23.9 Å². The van der Waals surface area contributed by atoms with Crippen LogP contribution in [0.15, 0.2) is 23.1 Å². The van der Waals surface area contributed by atoms with Gasteiger partial charge in [0.1, 0.15) is 23.7 Å². The van der Waals surface area contributed by atoms with Gasteiger partial charge in [-0.3, -0.25) is 9.59 Å². The number of anilines is 4.